The van der Waals surface area contributed by atoms with Crippen LogP contribution in [0.2, 0.25) is 0 Å². The molecule has 0 aromatic carbocycles. The van der Waals surface area contributed by atoms with Gasteiger partial charge in [0.05, 0.1) is 6.61 Å². The van der Waals surface area contributed by atoms with Crippen LogP contribution in [0.15, 0.2) is 69.9 Å². The zero-order valence-corrected chi connectivity index (χ0v) is 28.3. The van der Waals surface area contributed by atoms with E-state index < -0.39 is 12.0 Å². The molecule has 0 unspecified atom stereocenters. The number of nitrogens with one attached hydrogen (secondary N) is 1. The normalized spacial score (nSPS) is 13.1. The van der Waals surface area contributed by atoms with E-state index in [1.54, 1.807) is 0 Å². The first-order valence-electron chi connectivity index (χ1n) is 14.9. The molecule has 0 saturated heterocycles. The number of rotatable bonds is 19. The zero-order valence-electron chi connectivity index (χ0n) is 27.4. The molecule has 234 valence electrons. The summed E-state index contributed by atoms with van der Waals surface area (Å²) in [5.74, 6) is -0.163. The molecule has 0 aliphatic rings. The highest BCUT2D eigenvalue weighted by atomic mass is 32.2. The van der Waals surface area contributed by atoms with Gasteiger partial charge in [-0.1, -0.05) is 69.9 Å². The van der Waals surface area contributed by atoms with Crippen LogP contribution in [0.4, 0.5) is 0 Å². The predicted molar refractivity (Wildman–Crippen MR) is 180 cm³/mol. The molecule has 0 bridgehead atoms. The van der Waals surface area contributed by atoms with Gasteiger partial charge in [-0.05, 0) is 107 Å². The third-order valence-electron chi connectivity index (χ3n) is 6.19. The fraction of sp³-hybridized carbons (Fsp3) is 0.600. The van der Waals surface area contributed by atoms with Crippen LogP contribution in [0.25, 0.3) is 0 Å². The molecule has 6 heteroatoms. The second-order valence-electron chi connectivity index (χ2n) is 11.2. The third-order valence-corrected chi connectivity index (χ3v) is 7.17. The van der Waals surface area contributed by atoms with Gasteiger partial charge in [0.1, 0.15) is 6.04 Å². The van der Waals surface area contributed by atoms with Crippen LogP contribution >= 0.6 is 11.8 Å². The molecule has 1 atom stereocenters. The largest absolute Gasteiger partial charge is 0.480 e. The second kappa shape index (κ2) is 26.6. The maximum absolute atomic E-state index is 11.0. The van der Waals surface area contributed by atoms with Crippen LogP contribution in [0.1, 0.15) is 114 Å². The van der Waals surface area contributed by atoms with Crippen molar-refractivity contribution in [1.29, 1.82) is 0 Å². The van der Waals surface area contributed by atoms with Crippen molar-refractivity contribution in [2.24, 2.45) is 0 Å². The summed E-state index contributed by atoms with van der Waals surface area (Å²) in [6, 6.07) is -0.817. The molecule has 5 nitrogen and oxygen atoms in total. The number of carboxylic acid groups (broad SMARTS) is 1. The van der Waals surface area contributed by atoms with Crippen molar-refractivity contribution in [1.82, 2.24) is 5.32 Å². The number of allylic oxidation sites excluding steroid dienone is 10. The van der Waals surface area contributed by atoms with Crippen LogP contribution in [0, 0.1) is 0 Å². The Morgan fingerprint density at radius 2 is 1.02 bits per heavy atom. The number of aliphatic hydroxyl groups is 1. The van der Waals surface area contributed by atoms with E-state index in [9.17, 15) is 9.59 Å². The van der Waals surface area contributed by atoms with E-state index in [1.165, 1.54) is 52.1 Å². The Bertz CT molecular complexity index is 930. The summed E-state index contributed by atoms with van der Waals surface area (Å²) in [4.78, 5) is 22.0. The summed E-state index contributed by atoms with van der Waals surface area (Å²) in [6.07, 6.45) is 21.9. The van der Waals surface area contributed by atoms with Gasteiger partial charge in [-0.25, -0.2) is 4.79 Å². The molecule has 0 saturated carbocycles. The molecule has 0 spiro atoms. The summed E-state index contributed by atoms with van der Waals surface area (Å²) in [6.45, 7) is 18.6. The fourth-order valence-corrected chi connectivity index (χ4v) is 4.64. The van der Waals surface area contributed by atoms with Crippen molar-refractivity contribution in [3.05, 3.63) is 69.9 Å². The number of aliphatic carboxylic acids is 1. The first-order valence-corrected chi connectivity index (χ1v) is 16.0. The molecule has 0 radical (unpaired) electrons. The van der Waals surface area contributed by atoms with Gasteiger partial charge in [-0.15, -0.1) is 0 Å². The summed E-state index contributed by atoms with van der Waals surface area (Å²) in [5.41, 5.74) is 8.25. The van der Waals surface area contributed by atoms with Crippen molar-refractivity contribution < 1.29 is 19.8 Å². The van der Waals surface area contributed by atoms with Crippen LogP contribution in [0.5, 0.6) is 0 Å². The maximum Gasteiger partial charge on any atom is 0.327 e. The third kappa shape index (κ3) is 30.5. The maximum atomic E-state index is 11.0. The Labute approximate surface area is 256 Å². The van der Waals surface area contributed by atoms with Crippen LogP contribution in [-0.2, 0) is 9.59 Å². The van der Waals surface area contributed by atoms with E-state index in [0.29, 0.717) is 5.75 Å². The molecule has 41 heavy (non-hydrogen) atoms. The van der Waals surface area contributed by atoms with Crippen molar-refractivity contribution in [2.45, 2.75) is 120 Å². The van der Waals surface area contributed by atoms with Crippen LogP contribution in [0.3, 0.4) is 0 Å². The van der Waals surface area contributed by atoms with Crippen LogP contribution < -0.4 is 5.32 Å². The first kappa shape index (κ1) is 40.8. The number of carbonyl (C=O) groups is 2. The Morgan fingerprint density at radius 3 is 1.39 bits per heavy atom. The standard InChI is InChI=1S/C20H33NO3S.C15H26O/c1-15(2)8-6-9-16(3)10-7-11-17(4)12-13-25-14-19(20(23)24)21-18(5)22;1-13(2)7-5-8-14(3)9-6-10-15(4)11-12-16/h8,10,12,19H,6-7,9,11,13-14H2,1-5H3,(H,21,22)(H,23,24);7,9,11,16H,5-6,8,10,12H2,1-4H3/b16-10+,17-12-;14-9+,15-11-/t19-;/m0./s1. The van der Waals surface area contributed by atoms with Crippen molar-refractivity contribution >= 4 is 23.6 Å². The van der Waals surface area contributed by atoms with Crippen molar-refractivity contribution in [3.8, 4) is 0 Å². The molecule has 0 rings (SSSR count). The second-order valence-corrected chi connectivity index (χ2v) is 12.3. The van der Waals surface area contributed by atoms with Gasteiger partial charge in [0.15, 0.2) is 0 Å². The zero-order chi connectivity index (χ0) is 31.6. The SMILES string of the molecule is CC(=O)N[C@@H](CSC/C=C(/C)CC/C=C(\C)CCC=C(C)C)C(=O)O.CC(C)=CCC/C(C)=C/CC/C(C)=C\CO. The van der Waals surface area contributed by atoms with Crippen LogP contribution in [-0.4, -0.2) is 46.2 Å². The number of aliphatic hydroxyl groups excluding tert-OH is 1. The lowest BCUT2D eigenvalue weighted by atomic mass is 10.1. The number of amides is 1. The number of carbonyl (C=O) groups excluding carboxylic acids is 1. The Kier molecular flexibility index (Phi) is 26.5. The quantitative estimate of drug-likeness (QED) is 0.103. The van der Waals surface area contributed by atoms with E-state index in [2.05, 4.69) is 91.1 Å². The molecule has 3 N–H and O–H groups in total. The number of hydrogen-bond donors (Lipinski definition) is 3. The van der Waals surface area contributed by atoms with Gasteiger partial charge in [0.25, 0.3) is 0 Å². The van der Waals surface area contributed by atoms with Gasteiger partial charge < -0.3 is 15.5 Å². The molecule has 0 fully saturated rings. The topological polar surface area (TPSA) is 86.6 Å². The van der Waals surface area contributed by atoms with Crippen molar-refractivity contribution in [2.75, 3.05) is 18.1 Å². The monoisotopic (exact) mass is 589 g/mol. The Balaban J connectivity index is 0. The van der Waals surface area contributed by atoms with E-state index >= 15 is 0 Å². The summed E-state index contributed by atoms with van der Waals surface area (Å²) < 4.78 is 0. The minimum Gasteiger partial charge on any atom is -0.480 e. The lowest BCUT2D eigenvalue weighted by Gasteiger charge is -2.12. The van der Waals surface area contributed by atoms with Gasteiger partial charge in [-0.3, -0.25) is 4.79 Å². The van der Waals surface area contributed by atoms with E-state index in [1.807, 2.05) is 6.08 Å². The number of hydrogen-bond acceptors (Lipinski definition) is 4. The summed E-state index contributed by atoms with van der Waals surface area (Å²) in [5, 5.41) is 20.2. The predicted octanol–water partition coefficient (Wildman–Crippen LogP) is 9.13. The Hall–Kier alpha value is -2.31. The number of thioether (sulfide) groups is 1. The lowest BCUT2D eigenvalue weighted by Crippen LogP contribution is -2.41. The van der Waals surface area contributed by atoms with Gasteiger partial charge in [0, 0.05) is 18.4 Å². The fourth-order valence-electron chi connectivity index (χ4n) is 3.64. The highest BCUT2D eigenvalue weighted by Gasteiger charge is 2.17. The van der Waals surface area contributed by atoms with Gasteiger partial charge in [-0.2, -0.15) is 11.8 Å². The highest BCUT2D eigenvalue weighted by molar-refractivity contribution is 7.99. The lowest BCUT2D eigenvalue weighted by molar-refractivity contribution is -0.140. The Morgan fingerprint density at radius 1 is 0.634 bits per heavy atom. The average molecular weight is 590 g/mol. The van der Waals surface area contributed by atoms with E-state index in [4.69, 9.17) is 10.2 Å². The molecule has 0 aliphatic heterocycles. The van der Waals surface area contributed by atoms with Gasteiger partial charge >= 0.3 is 5.97 Å². The molecule has 1 amide bonds. The van der Waals surface area contributed by atoms with E-state index in [0.717, 1.165) is 57.1 Å². The minimum absolute atomic E-state index is 0.162. The highest BCUT2D eigenvalue weighted by Crippen LogP contribution is 2.13. The molecule has 0 heterocycles. The number of carboxylic acids is 1. The smallest absolute Gasteiger partial charge is 0.327 e. The summed E-state index contributed by atoms with van der Waals surface area (Å²) in [7, 11) is 0. The summed E-state index contributed by atoms with van der Waals surface area (Å²) >= 11 is 1.52. The minimum atomic E-state index is -0.989. The first-order chi connectivity index (χ1) is 19.3. The average Bonchev–Trinajstić information content (AvgIpc) is 2.85. The van der Waals surface area contributed by atoms with Gasteiger partial charge in [0.2, 0.25) is 5.91 Å². The molecule has 0 aliphatic carbocycles. The van der Waals surface area contributed by atoms with Crippen molar-refractivity contribution in [3.63, 3.8) is 0 Å². The molecular weight excluding hydrogens is 530 g/mol. The molecular formula is C35H59NO4S. The molecule has 0 aromatic heterocycles. The van der Waals surface area contributed by atoms with E-state index in [-0.39, 0.29) is 12.5 Å². The molecule has 0 aromatic rings.